The Morgan fingerprint density at radius 1 is 1.29 bits per heavy atom. The Hall–Kier alpha value is -1.06. The van der Waals surface area contributed by atoms with Crippen LogP contribution < -0.4 is 10.6 Å². The molecule has 1 saturated carbocycles. The van der Waals surface area contributed by atoms with Crippen molar-refractivity contribution in [1.82, 2.24) is 10.6 Å². The molecular formula is C17H25ClN2O. The van der Waals surface area contributed by atoms with Crippen LogP contribution >= 0.6 is 11.6 Å². The van der Waals surface area contributed by atoms with Crippen molar-refractivity contribution in [2.75, 3.05) is 6.54 Å². The van der Waals surface area contributed by atoms with Crippen molar-refractivity contribution in [2.45, 2.75) is 57.5 Å². The van der Waals surface area contributed by atoms with Crippen LogP contribution in [-0.4, -0.2) is 18.5 Å². The van der Waals surface area contributed by atoms with Gasteiger partial charge in [-0.2, -0.15) is 0 Å². The third-order valence-corrected chi connectivity index (χ3v) is 4.37. The number of hydrogen-bond acceptors (Lipinski definition) is 2. The van der Waals surface area contributed by atoms with Crippen molar-refractivity contribution in [3.05, 3.63) is 34.9 Å². The molecule has 0 radical (unpaired) electrons. The molecule has 1 atom stereocenters. The zero-order valence-corrected chi connectivity index (χ0v) is 13.5. The second-order valence-corrected chi connectivity index (χ2v) is 6.35. The lowest BCUT2D eigenvalue weighted by molar-refractivity contribution is -0.121. The number of amides is 1. The quantitative estimate of drug-likeness (QED) is 0.812. The van der Waals surface area contributed by atoms with Gasteiger partial charge in [0.15, 0.2) is 0 Å². The number of rotatable bonds is 5. The Labute approximate surface area is 132 Å². The van der Waals surface area contributed by atoms with Crippen molar-refractivity contribution in [3.8, 4) is 0 Å². The fraction of sp³-hybridized carbons (Fsp3) is 0.588. The van der Waals surface area contributed by atoms with Gasteiger partial charge in [0.05, 0.1) is 6.54 Å². The van der Waals surface area contributed by atoms with E-state index in [2.05, 4.69) is 10.6 Å². The molecule has 1 aromatic rings. The topological polar surface area (TPSA) is 41.1 Å². The highest BCUT2D eigenvalue weighted by Crippen LogP contribution is 2.18. The van der Waals surface area contributed by atoms with Gasteiger partial charge in [0.2, 0.25) is 5.91 Å². The normalized spacial score (nSPS) is 18.0. The molecule has 0 saturated heterocycles. The lowest BCUT2D eigenvalue weighted by atomic mass is 10.1. The zero-order valence-electron chi connectivity index (χ0n) is 12.7. The Bertz CT molecular complexity index is 456. The van der Waals surface area contributed by atoms with Crippen molar-refractivity contribution in [1.29, 1.82) is 0 Å². The number of halogens is 1. The first kappa shape index (κ1) is 16.3. The van der Waals surface area contributed by atoms with Crippen LogP contribution in [0.1, 0.15) is 57.1 Å². The maximum Gasteiger partial charge on any atom is 0.234 e. The van der Waals surface area contributed by atoms with Crippen LogP contribution in [-0.2, 0) is 4.79 Å². The second-order valence-electron chi connectivity index (χ2n) is 5.91. The standard InChI is InChI=1S/C17H25ClN2O/c1-13(14-7-6-8-15(18)11-14)19-12-17(21)20-16-9-4-2-3-5-10-16/h6-8,11,13,16,19H,2-5,9-10,12H2,1H3,(H,20,21). The van der Waals surface area contributed by atoms with E-state index in [-0.39, 0.29) is 11.9 Å². The summed E-state index contributed by atoms with van der Waals surface area (Å²) in [4.78, 5) is 12.0. The van der Waals surface area contributed by atoms with Gasteiger partial charge < -0.3 is 10.6 Å². The van der Waals surface area contributed by atoms with Crippen LogP contribution in [0, 0.1) is 0 Å². The number of nitrogens with one attached hydrogen (secondary N) is 2. The van der Waals surface area contributed by atoms with E-state index >= 15 is 0 Å². The van der Waals surface area contributed by atoms with Crippen molar-refractivity contribution in [3.63, 3.8) is 0 Å². The summed E-state index contributed by atoms with van der Waals surface area (Å²) >= 11 is 5.99. The summed E-state index contributed by atoms with van der Waals surface area (Å²) in [7, 11) is 0. The van der Waals surface area contributed by atoms with Gasteiger partial charge in [-0.3, -0.25) is 4.79 Å². The van der Waals surface area contributed by atoms with Gasteiger partial charge in [-0.25, -0.2) is 0 Å². The molecular weight excluding hydrogens is 284 g/mol. The van der Waals surface area contributed by atoms with Crippen LogP contribution in [0.5, 0.6) is 0 Å². The molecule has 0 aromatic heterocycles. The lowest BCUT2D eigenvalue weighted by Crippen LogP contribution is -2.40. The predicted molar refractivity (Wildman–Crippen MR) is 87.5 cm³/mol. The summed E-state index contributed by atoms with van der Waals surface area (Å²) in [6, 6.07) is 8.22. The molecule has 1 aliphatic rings. The lowest BCUT2D eigenvalue weighted by Gasteiger charge is -2.18. The van der Waals surface area contributed by atoms with E-state index in [0.717, 1.165) is 23.4 Å². The Morgan fingerprint density at radius 3 is 2.67 bits per heavy atom. The first-order valence-electron chi connectivity index (χ1n) is 7.93. The maximum atomic E-state index is 12.0. The Kier molecular flexibility index (Phi) is 6.52. The van der Waals surface area contributed by atoms with Crippen LogP contribution in [0.3, 0.4) is 0 Å². The number of carbonyl (C=O) groups is 1. The monoisotopic (exact) mass is 308 g/mol. The molecule has 0 aliphatic heterocycles. The fourth-order valence-corrected chi connectivity index (χ4v) is 3.04. The predicted octanol–water partition coefficient (Wildman–Crippen LogP) is 3.83. The molecule has 4 heteroatoms. The molecule has 1 fully saturated rings. The zero-order chi connectivity index (χ0) is 15.1. The van der Waals surface area contributed by atoms with E-state index < -0.39 is 0 Å². The number of benzene rings is 1. The van der Waals surface area contributed by atoms with Gasteiger partial charge in [0.1, 0.15) is 0 Å². The third kappa shape index (κ3) is 5.68. The van der Waals surface area contributed by atoms with Crippen LogP contribution in [0.25, 0.3) is 0 Å². The van der Waals surface area contributed by atoms with Crippen molar-refractivity contribution >= 4 is 17.5 Å². The minimum Gasteiger partial charge on any atom is -0.352 e. The summed E-state index contributed by atoms with van der Waals surface area (Å²) in [5.74, 6) is 0.0933. The smallest absolute Gasteiger partial charge is 0.234 e. The molecule has 1 aromatic carbocycles. The molecule has 21 heavy (non-hydrogen) atoms. The summed E-state index contributed by atoms with van der Waals surface area (Å²) in [5.41, 5.74) is 1.10. The largest absolute Gasteiger partial charge is 0.352 e. The summed E-state index contributed by atoms with van der Waals surface area (Å²) in [6.07, 6.45) is 7.31. The Morgan fingerprint density at radius 2 is 2.00 bits per heavy atom. The van der Waals surface area contributed by atoms with E-state index in [1.165, 1.54) is 25.7 Å². The van der Waals surface area contributed by atoms with Gasteiger partial charge in [-0.15, -0.1) is 0 Å². The number of hydrogen-bond donors (Lipinski definition) is 2. The van der Waals surface area contributed by atoms with Gasteiger partial charge in [-0.1, -0.05) is 49.4 Å². The highest BCUT2D eigenvalue weighted by atomic mass is 35.5. The minimum atomic E-state index is 0.0933. The molecule has 1 aliphatic carbocycles. The van der Waals surface area contributed by atoms with Crippen LogP contribution in [0.4, 0.5) is 0 Å². The van der Waals surface area contributed by atoms with Gasteiger partial charge in [-0.05, 0) is 37.5 Å². The number of carbonyl (C=O) groups excluding carboxylic acids is 1. The average molecular weight is 309 g/mol. The molecule has 3 nitrogen and oxygen atoms in total. The molecule has 2 N–H and O–H groups in total. The van der Waals surface area contributed by atoms with E-state index in [4.69, 9.17) is 11.6 Å². The maximum absolute atomic E-state index is 12.0. The molecule has 0 heterocycles. The Balaban J connectivity index is 1.75. The van der Waals surface area contributed by atoms with Crippen molar-refractivity contribution < 1.29 is 4.79 Å². The van der Waals surface area contributed by atoms with E-state index in [9.17, 15) is 4.79 Å². The first-order valence-corrected chi connectivity index (χ1v) is 8.31. The third-order valence-electron chi connectivity index (χ3n) is 4.14. The first-order chi connectivity index (χ1) is 10.1. The molecule has 116 valence electrons. The molecule has 1 unspecified atom stereocenters. The highest BCUT2D eigenvalue weighted by molar-refractivity contribution is 6.30. The van der Waals surface area contributed by atoms with E-state index in [1.54, 1.807) is 0 Å². The summed E-state index contributed by atoms with van der Waals surface area (Å²) in [6.45, 7) is 2.40. The van der Waals surface area contributed by atoms with Gasteiger partial charge >= 0.3 is 0 Å². The molecule has 2 rings (SSSR count). The molecule has 0 spiro atoms. The van der Waals surface area contributed by atoms with Gasteiger partial charge in [0.25, 0.3) is 0 Å². The molecule has 1 amide bonds. The highest BCUT2D eigenvalue weighted by Gasteiger charge is 2.15. The SMILES string of the molecule is CC(NCC(=O)NC1CCCCCC1)c1cccc(Cl)c1. The molecule has 0 bridgehead atoms. The second kappa shape index (κ2) is 8.40. The summed E-state index contributed by atoms with van der Waals surface area (Å²) in [5, 5.41) is 7.14. The van der Waals surface area contributed by atoms with Crippen molar-refractivity contribution in [2.24, 2.45) is 0 Å². The minimum absolute atomic E-state index is 0.0933. The average Bonchev–Trinajstić information content (AvgIpc) is 2.73. The van der Waals surface area contributed by atoms with E-state index in [0.29, 0.717) is 12.6 Å². The van der Waals surface area contributed by atoms with E-state index in [1.807, 2.05) is 31.2 Å². The fourth-order valence-electron chi connectivity index (χ4n) is 2.84. The summed E-state index contributed by atoms with van der Waals surface area (Å²) < 4.78 is 0. The van der Waals surface area contributed by atoms with Crippen LogP contribution in [0.2, 0.25) is 5.02 Å². The van der Waals surface area contributed by atoms with Gasteiger partial charge in [0, 0.05) is 17.1 Å². The van der Waals surface area contributed by atoms with Crippen LogP contribution in [0.15, 0.2) is 24.3 Å².